The summed E-state index contributed by atoms with van der Waals surface area (Å²) in [5.74, 6) is 1.05. The van der Waals surface area contributed by atoms with Gasteiger partial charge in [0.15, 0.2) is 0 Å². The Balaban J connectivity index is 1.47. The number of hydrogen-bond acceptors (Lipinski definition) is 2. The van der Waals surface area contributed by atoms with Gasteiger partial charge in [-0.15, -0.1) is 0 Å². The maximum Gasteiger partial charge on any atom is 0.0223 e. The van der Waals surface area contributed by atoms with E-state index in [-0.39, 0.29) is 0 Å². The first kappa shape index (κ1) is 13.9. The molecule has 0 N–H and O–H groups in total. The van der Waals surface area contributed by atoms with E-state index in [1.165, 1.54) is 84.0 Å². The van der Waals surface area contributed by atoms with Crippen molar-refractivity contribution in [2.45, 2.75) is 76.8 Å². The number of fused-ring (bicyclic) bond motifs is 1. The fourth-order valence-electron chi connectivity index (χ4n) is 4.55. The molecule has 0 aromatic carbocycles. The largest absolute Gasteiger partial charge is 0.298 e. The summed E-state index contributed by atoms with van der Waals surface area (Å²) < 4.78 is 0. The van der Waals surface area contributed by atoms with Gasteiger partial charge in [0.05, 0.1) is 0 Å². The zero-order valence-electron chi connectivity index (χ0n) is 12.8. The lowest BCUT2D eigenvalue weighted by molar-refractivity contribution is 0.0121. The van der Waals surface area contributed by atoms with Gasteiger partial charge in [0.1, 0.15) is 0 Å². The number of nitrogens with zero attached hydrogens (tertiary/aromatic N) is 2. The average Bonchev–Trinajstić information content (AvgIpc) is 2.46. The molecule has 0 radical (unpaired) electrons. The molecular weight excluding hydrogens is 232 g/mol. The zero-order valence-corrected chi connectivity index (χ0v) is 12.8. The fourth-order valence-corrected chi connectivity index (χ4v) is 4.55. The van der Waals surface area contributed by atoms with Crippen LogP contribution >= 0.6 is 0 Å². The van der Waals surface area contributed by atoms with Crippen LogP contribution in [0.25, 0.3) is 0 Å². The molecule has 0 aromatic heterocycles. The summed E-state index contributed by atoms with van der Waals surface area (Å²) in [4.78, 5) is 5.58. The summed E-state index contributed by atoms with van der Waals surface area (Å²) in [7, 11) is 0. The lowest BCUT2D eigenvalue weighted by Gasteiger charge is -2.48. The smallest absolute Gasteiger partial charge is 0.0223 e. The van der Waals surface area contributed by atoms with E-state index in [4.69, 9.17) is 0 Å². The van der Waals surface area contributed by atoms with E-state index in [0.717, 1.165) is 18.0 Å². The Morgan fingerprint density at radius 1 is 0.895 bits per heavy atom. The van der Waals surface area contributed by atoms with E-state index < -0.39 is 0 Å². The van der Waals surface area contributed by atoms with Crippen LogP contribution in [0.4, 0.5) is 0 Å². The molecule has 2 heteroatoms. The van der Waals surface area contributed by atoms with Crippen LogP contribution < -0.4 is 0 Å². The minimum Gasteiger partial charge on any atom is -0.298 e. The summed E-state index contributed by atoms with van der Waals surface area (Å²) in [5.41, 5.74) is 0. The number of hydrogen-bond donors (Lipinski definition) is 0. The minimum atomic E-state index is 0.790. The van der Waals surface area contributed by atoms with Crippen LogP contribution in [0.15, 0.2) is 0 Å². The van der Waals surface area contributed by atoms with Gasteiger partial charge in [-0.05, 0) is 45.2 Å². The van der Waals surface area contributed by atoms with Gasteiger partial charge in [-0.2, -0.15) is 0 Å². The van der Waals surface area contributed by atoms with Gasteiger partial charge in [-0.3, -0.25) is 9.80 Å². The van der Waals surface area contributed by atoms with Crippen LogP contribution in [0, 0.1) is 5.92 Å². The van der Waals surface area contributed by atoms with Gasteiger partial charge in [0, 0.05) is 25.2 Å². The third-order valence-electron chi connectivity index (χ3n) is 5.87. The average molecular weight is 264 g/mol. The third-order valence-corrected chi connectivity index (χ3v) is 5.87. The Morgan fingerprint density at radius 3 is 2.53 bits per heavy atom. The lowest BCUT2D eigenvalue weighted by Crippen LogP contribution is -2.58. The summed E-state index contributed by atoms with van der Waals surface area (Å²) in [6, 6.07) is 1.68. The van der Waals surface area contributed by atoms with Crippen molar-refractivity contribution in [2.24, 2.45) is 5.92 Å². The van der Waals surface area contributed by atoms with Gasteiger partial charge < -0.3 is 0 Å². The molecule has 110 valence electrons. The number of rotatable bonds is 3. The maximum absolute atomic E-state index is 2.81. The maximum atomic E-state index is 2.81. The van der Waals surface area contributed by atoms with E-state index in [9.17, 15) is 0 Å². The van der Waals surface area contributed by atoms with Gasteiger partial charge >= 0.3 is 0 Å². The highest BCUT2D eigenvalue weighted by Gasteiger charge is 2.32. The van der Waals surface area contributed by atoms with Gasteiger partial charge in [0.2, 0.25) is 0 Å². The number of piperidine rings is 1. The molecule has 2 saturated heterocycles. The van der Waals surface area contributed by atoms with Crippen LogP contribution in [0.1, 0.15) is 64.7 Å². The molecule has 3 fully saturated rings. The molecule has 0 spiro atoms. The van der Waals surface area contributed by atoms with E-state index >= 15 is 0 Å². The van der Waals surface area contributed by atoms with Crippen molar-refractivity contribution in [3.63, 3.8) is 0 Å². The topological polar surface area (TPSA) is 6.48 Å². The Labute approximate surface area is 119 Å². The molecular formula is C17H32N2. The van der Waals surface area contributed by atoms with Crippen LogP contribution in [0.2, 0.25) is 0 Å². The molecule has 0 aromatic rings. The Hall–Kier alpha value is -0.0800. The van der Waals surface area contributed by atoms with Crippen molar-refractivity contribution in [3.8, 4) is 0 Å². The molecule has 1 aliphatic carbocycles. The molecule has 0 bridgehead atoms. The van der Waals surface area contributed by atoms with Crippen LogP contribution in [0.5, 0.6) is 0 Å². The molecule has 1 saturated carbocycles. The normalized spacial score (nSPS) is 35.2. The van der Waals surface area contributed by atoms with Crippen molar-refractivity contribution < 1.29 is 0 Å². The standard InChI is InChI=1S/C17H32N2/c1-15-13-19-11-6-5-9-17(19)14-18(15)12-10-16-7-3-2-4-8-16/h15-17H,2-14H2,1H3. The van der Waals surface area contributed by atoms with Crippen LogP contribution in [-0.2, 0) is 0 Å². The second-order valence-electron chi connectivity index (χ2n) is 7.28. The fraction of sp³-hybridized carbons (Fsp3) is 1.00. The van der Waals surface area contributed by atoms with E-state index in [0.29, 0.717) is 0 Å². The highest BCUT2D eigenvalue weighted by Crippen LogP contribution is 2.28. The van der Waals surface area contributed by atoms with Crippen LogP contribution in [-0.4, -0.2) is 48.1 Å². The molecule has 2 nitrogen and oxygen atoms in total. The van der Waals surface area contributed by atoms with Gasteiger partial charge in [0.25, 0.3) is 0 Å². The molecule has 2 unspecified atom stereocenters. The quantitative estimate of drug-likeness (QED) is 0.769. The second-order valence-corrected chi connectivity index (χ2v) is 7.28. The molecule has 3 aliphatic rings. The van der Waals surface area contributed by atoms with Crippen molar-refractivity contribution >= 4 is 0 Å². The lowest BCUT2D eigenvalue weighted by atomic mass is 9.86. The first-order chi connectivity index (χ1) is 9.33. The predicted octanol–water partition coefficient (Wildman–Crippen LogP) is 3.52. The molecule has 2 heterocycles. The first-order valence-electron chi connectivity index (χ1n) is 8.81. The molecule has 0 amide bonds. The van der Waals surface area contributed by atoms with Crippen molar-refractivity contribution in [1.82, 2.24) is 9.80 Å². The molecule has 2 atom stereocenters. The summed E-state index contributed by atoms with van der Waals surface area (Å²) in [5, 5.41) is 0. The highest BCUT2D eigenvalue weighted by molar-refractivity contribution is 4.89. The monoisotopic (exact) mass is 264 g/mol. The minimum absolute atomic E-state index is 0.790. The molecule has 2 aliphatic heterocycles. The first-order valence-corrected chi connectivity index (χ1v) is 8.81. The Kier molecular flexibility index (Phi) is 4.81. The Morgan fingerprint density at radius 2 is 1.68 bits per heavy atom. The van der Waals surface area contributed by atoms with Crippen molar-refractivity contribution in [1.29, 1.82) is 0 Å². The third kappa shape index (κ3) is 3.52. The van der Waals surface area contributed by atoms with E-state index in [1.807, 2.05) is 0 Å². The van der Waals surface area contributed by atoms with E-state index in [2.05, 4.69) is 16.7 Å². The predicted molar refractivity (Wildman–Crippen MR) is 81.4 cm³/mol. The SMILES string of the molecule is CC1CN2CCCCC2CN1CCC1CCCCC1. The Bertz CT molecular complexity index is 272. The molecule has 19 heavy (non-hydrogen) atoms. The van der Waals surface area contributed by atoms with Gasteiger partial charge in [-0.25, -0.2) is 0 Å². The summed E-state index contributed by atoms with van der Waals surface area (Å²) in [6.45, 7) is 7.87. The molecule has 3 rings (SSSR count). The van der Waals surface area contributed by atoms with Crippen molar-refractivity contribution in [3.05, 3.63) is 0 Å². The van der Waals surface area contributed by atoms with Gasteiger partial charge in [-0.1, -0.05) is 38.5 Å². The number of piperazine rings is 1. The summed E-state index contributed by atoms with van der Waals surface area (Å²) in [6.07, 6.45) is 13.3. The summed E-state index contributed by atoms with van der Waals surface area (Å²) >= 11 is 0. The highest BCUT2D eigenvalue weighted by atomic mass is 15.3. The zero-order chi connectivity index (χ0) is 13.1. The van der Waals surface area contributed by atoms with Crippen LogP contribution in [0.3, 0.4) is 0 Å². The van der Waals surface area contributed by atoms with Crippen molar-refractivity contribution in [2.75, 3.05) is 26.2 Å². The second kappa shape index (κ2) is 6.58. The van der Waals surface area contributed by atoms with E-state index in [1.54, 1.807) is 0 Å².